The molecule has 4 rings (SSSR count). The van der Waals surface area contributed by atoms with E-state index in [1.165, 1.54) is 18.2 Å². The third-order valence-corrected chi connectivity index (χ3v) is 6.80. The smallest absolute Gasteiger partial charge is 0.158 e. The Bertz CT molecular complexity index is 814. The van der Waals surface area contributed by atoms with Gasteiger partial charge in [0.15, 0.2) is 5.82 Å². The van der Waals surface area contributed by atoms with Crippen LogP contribution in [0.2, 0.25) is 0 Å². The first-order valence-corrected chi connectivity index (χ1v) is 10.3. The van der Waals surface area contributed by atoms with E-state index in [-0.39, 0.29) is 0 Å². The molecule has 144 valence electrons. The highest BCUT2D eigenvalue weighted by molar-refractivity contribution is 7.99. The standard InChI is InChI=1S/C19H26N6OS/c1-2-13-14(3-7-22-16(13)20)27-18-17(21)24-15(11-23-18)25-8-4-19(5-9-25)6-10-26-12-19/h3,7,11H,2,4-6,8-10,12H2,1H3,(H2,20,22)(H2,21,24). The molecule has 2 saturated heterocycles. The summed E-state index contributed by atoms with van der Waals surface area (Å²) in [5.41, 5.74) is 13.6. The molecule has 0 aliphatic carbocycles. The normalized spacial score (nSPS) is 18.9. The highest BCUT2D eigenvalue weighted by Crippen LogP contribution is 2.40. The van der Waals surface area contributed by atoms with E-state index in [9.17, 15) is 0 Å². The van der Waals surface area contributed by atoms with E-state index in [2.05, 4.69) is 26.8 Å². The SMILES string of the molecule is CCc1c(Sc2ncc(N3CCC4(CCOC4)CC3)nc2N)ccnc1N. The van der Waals surface area contributed by atoms with E-state index in [4.69, 9.17) is 16.2 Å². The van der Waals surface area contributed by atoms with Crippen molar-refractivity contribution in [2.75, 3.05) is 42.7 Å². The Morgan fingerprint density at radius 2 is 2.00 bits per heavy atom. The third kappa shape index (κ3) is 3.68. The highest BCUT2D eigenvalue weighted by Gasteiger charge is 2.38. The minimum atomic E-state index is 0.378. The Labute approximate surface area is 163 Å². The van der Waals surface area contributed by atoms with Crippen LogP contribution in [-0.4, -0.2) is 41.3 Å². The second-order valence-electron chi connectivity index (χ2n) is 7.34. The Hall–Kier alpha value is -2.06. The van der Waals surface area contributed by atoms with Gasteiger partial charge in [-0.05, 0) is 37.2 Å². The van der Waals surface area contributed by atoms with Crippen molar-refractivity contribution < 1.29 is 4.74 Å². The summed E-state index contributed by atoms with van der Waals surface area (Å²) in [4.78, 5) is 16.7. The van der Waals surface area contributed by atoms with Crippen molar-refractivity contribution in [3.63, 3.8) is 0 Å². The summed E-state index contributed by atoms with van der Waals surface area (Å²) in [6, 6.07) is 1.95. The van der Waals surface area contributed by atoms with Gasteiger partial charge in [-0.25, -0.2) is 15.0 Å². The number of anilines is 3. The number of nitrogen functional groups attached to an aromatic ring is 2. The molecule has 4 heterocycles. The fourth-order valence-electron chi connectivity index (χ4n) is 3.91. The summed E-state index contributed by atoms with van der Waals surface area (Å²) < 4.78 is 5.61. The first-order valence-electron chi connectivity index (χ1n) is 9.47. The van der Waals surface area contributed by atoms with E-state index < -0.39 is 0 Å². The zero-order valence-electron chi connectivity index (χ0n) is 15.6. The lowest BCUT2D eigenvalue weighted by Crippen LogP contribution is -2.41. The zero-order chi connectivity index (χ0) is 18.9. The molecule has 2 aliphatic heterocycles. The largest absolute Gasteiger partial charge is 0.383 e. The Morgan fingerprint density at radius 1 is 1.19 bits per heavy atom. The molecule has 1 spiro atoms. The van der Waals surface area contributed by atoms with Gasteiger partial charge in [0.1, 0.15) is 16.7 Å². The molecule has 0 unspecified atom stereocenters. The topological polar surface area (TPSA) is 103 Å². The van der Waals surface area contributed by atoms with E-state index in [0.29, 0.717) is 22.1 Å². The maximum Gasteiger partial charge on any atom is 0.158 e. The van der Waals surface area contributed by atoms with Gasteiger partial charge in [-0.3, -0.25) is 0 Å². The fourth-order valence-corrected chi connectivity index (χ4v) is 4.88. The molecule has 7 nitrogen and oxygen atoms in total. The average molecular weight is 387 g/mol. The van der Waals surface area contributed by atoms with Gasteiger partial charge < -0.3 is 21.1 Å². The number of nitrogens with zero attached hydrogens (tertiary/aromatic N) is 4. The van der Waals surface area contributed by atoms with Crippen LogP contribution in [0.4, 0.5) is 17.5 Å². The lowest BCUT2D eigenvalue weighted by Gasteiger charge is -2.38. The van der Waals surface area contributed by atoms with Gasteiger partial charge in [-0.1, -0.05) is 18.7 Å². The zero-order valence-corrected chi connectivity index (χ0v) is 16.5. The molecule has 2 aliphatic rings. The van der Waals surface area contributed by atoms with Gasteiger partial charge in [0, 0.05) is 36.4 Å². The number of pyridine rings is 1. The summed E-state index contributed by atoms with van der Waals surface area (Å²) in [6.07, 6.45) is 7.82. The molecule has 2 fully saturated rings. The molecular weight excluding hydrogens is 360 g/mol. The van der Waals surface area contributed by atoms with Crippen molar-refractivity contribution in [3.05, 3.63) is 24.0 Å². The van der Waals surface area contributed by atoms with E-state index >= 15 is 0 Å². The van der Waals surface area contributed by atoms with Crippen LogP contribution >= 0.6 is 11.8 Å². The van der Waals surface area contributed by atoms with Gasteiger partial charge in [0.05, 0.1) is 12.8 Å². The second-order valence-corrected chi connectivity index (χ2v) is 8.37. The molecule has 4 N–H and O–H groups in total. The van der Waals surface area contributed by atoms with Gasteiger partial charge in [-0.2, -0.15) is 0 Å². The predicted octanol–water partition coefficient (Wildman–Crippen LogP) is 2.76. The first-order chi connectivity index (χ1) is 13.1. The third-order valence-electron chi connectivity index (χ3n) is 5.69. The van der Waals surface area contributed by atoms with Gasteiger partial charge in [-0.15, -0.1) is 0 Å². The summed E-state index contributed by atoms with van der Waals surface area (Å²) in [5.74, 6) is 1.87. The van der Waals surface area contributed by atoms with Gasteiger partial charge in [0.2, 0.25) is 0 Å². The van der Waals surface area contributed by atoms with Crippen molar-refractivity contribution in [1.29, 1.82) is 0 Å². The quantitative estimate of drug-likeness (QED) is 0.827. The lowest BCUT2D eigenvalue weighted by molar-refractivity contribution is 0.133. The van der Waals surface area contributed by atoms with Crippen LogP contribution in [-0.2, 0) is 11.2 Å². The lowest BCUT2D eigenvalue weighted by atomic mass is 9.78. The highest BCUT2D eigenvalue weighted by atomic mass is 32.2. The number of ether oxygens (including phenoxy) is 1. The Kier molecular flexibility index (Phi) is 5.10. The Morgan fingerprint density at radius 3 is 2.67 bits per heavy atom. The molecule has 0 radical (unpaired) electrons. The number of nitrogens with two attached hydrogens (primary N) is 2. The van der Waals surface area contributed by atoms with E-state index in [0.717, 1.165) is 61.8 Å². The average Bonchev–Trinajstić information content (AvgIpc) is 3.12. The summed E-state index contributed by atoms with van der Waals surface area (Å²) in [5, 5.41) is 0.705. The number of hydrogen-bond acceptors (Lipinski definition) is 8. The molecule has 0 amide bonds. The van der Waals surface area contributed by atoms with Crippen molar-refractivity contribution in [3.8, 4) is 0 Å². The predicted molar refractivity (Wildman–Crippen MR) is 108 cm³/mol. The van der Waals surface area contributed by atoms with Gasteiger partial charge in [0.25, 0.3) is 0 Å². The minimum Gasteiger partial charge on any atom is -0.383 e. The van der Waals surface area contributed by atoms with Crippen LogP contribution in [0.3, 0.4) is 0 Å². The molecule has 0 aromatic carbocycles. The molecular formula is C19H26N6OS. The molecule has 8 heteroatoms. The van der Waals surface area contributed by atoms with E-state index in [1.807, 2.05) is 12.3 Å². The fraction of sp³-hybridized carbons (Fsp3) is 0.526. The van der Waals surface area contributed by atoms with Crippen LogP contribution in [0.5, 0.6) is 0 Å². The van der Waals surface area contributed by atoms with Crippen LogP contribution in [0.15, 0.2) is 28.4 Å². The molecule has 0 bridgehead atoms. The molecule has 27 heavy (non-hydrogen) atoms. The second kappa shape index (κ2) is 7.52. The molecule has 2 aromatic rings. The van der Waals surface area contributed by atoms with Crippen molar-refractivity contribution in [1.82, 2.24) is 15.0 Å². The Balaban J connectivity index is 1.48. The van der Waals surface area contributed by atoms with Crippen LogP contribution in [0, 0.1) is 5.41 Å². The summed E-state index contributed by atoms with van der Waals surface area (Å²) >= 11 is 1.50. The molecule has 2 aromatic heterocycles. The summed E-state index contributed by atoms with van der Waals surface area (Å²) in [7, 11) is 0. The van der Waals surface area contributed by atoms with Crippen LogP contribution in [0.25, 0.3) is 0 Å². The van der Waals surface area contributed by atoms with Crippen molar-refractivity contribution >= 4 is 29.2 Å². The van der Waals surface area contributed by atoms with Crippen molar-refractivity contribution in [2.45, 2.75) is 42.5 Å². The number of aromatic nitrogens is 3. The first kappa shape index (κ1) is 18.3. The maximum absolute atomic E-state index is 6.23. The van der Waals surface area contributed by atoms with Crippen LogP contribution < -0.4 is 16.4 Å². The number of hydrogen-bond donors (Lipinski definition) is 2. The van der Waals surface area contributed by atoms with Crippen LogP contribution in [0.1, 0.15) is 31.7 Å². The monoisotopic (exact) mass is 386 g/mol. The maximum atomic E-state index is 6.23. The van der Waals surface area contributed by atoms with E-state index in [1.54, 1.807) is 6.20 Å². The molecule has 0 saturated carbocycles. The minimum absolute atomic E-state index is 0.378. The number of rotatable bonds is 4. The molecule has 0 atom stereocenters. The summed E-state index contributed by atoms with van der Waals surface area (Å²) in [6.45, 7) is 5.82. The van der Waals surface area contributed by atoms with Gasteiger partial charge >= 0.3 is 0 Å². The van der Waals surface area contributed by atoms with Crippen molar-refractivity contribution in [2.24, 2.45) is 5.41 Å². The number of piperidine rings is 1.